The van der Waals surface area contributed by atoms with Crippen LogP contribution in [-0.2, 0) is 4.79 Å². The van der Waals surface area contributed by atoms with Gasteiger partial charge in [-0.15, -0.1) is 0 Å². The minimum Gasteiger partial charge on any atom is -0.397 e. The molecule has 0 unspecified atom stereocenters. The van der Waals surface area contributed by atoms with Crippen molar-refractivity contribution in [2.45, 2.75) is 26.7 Å². The quantitative estimate of drug-likeness (QED) is 0.836. The normalized spacial score (nSPS) is 18.8. The van der Waals surface area contributed by atoms with Crippen molar-refractivity contribution in [1.29, 1.82) is 0 Å². The van der Waals surface area contributed by atoms with Crippen LogP contribution < -0.4 is 11.1 Å². The number of rotatable bonds is 3. The summed E-state index contributed by atoms with van der Waals surface area (Å²) in [4.78, 5) is 14.1. The highest BCUT2D eigenvalue weighted by molar-refractivity contribution is 5.95. The van der Waals surface area contributed by atoms with Gasteiger partial charge in [-0.1, -0.05) is 13.8 Å². The lowest BCUT2D eigenvalue weighted by Gasteiger charge is -2.36. The summed E-state index contributed by atoms with van der Waals surface area (Å²) in [5.41, 5.74) is 6.75. The van der Waals surface area contributed by atoms with Gasteiger partial charge in [0.15, 0.2) is 0 Å². The summed E-state index contributed by atoms with van der Waals surface area (Å²) in [6, 6.07) is 3.98. The minimum absolute atomic E-state index is 0.108. The number of carbonyl (C=O) groups is 1. The van der Waals surface area contributed by atoms with Crippen molar-refractivity contribution >= 4 is 17.3 Å². The minimum atomic E-state index is -0.404. The van der Waals surface area contributed by atoms with Gasteiger partial charge in [0.1, 0.15) is 5.82 Å². The van der Waals surface area contributed by atoms with E-state index in [1.807, 2.05) is 0 Å². The molecule has 1 aromatic rings. The Bertz CT molecular complexity index is 492. The van der Waals surface area contributed by atoms with E-state index in [9.17, 15) is 9.18 Å². The largest absolute Gasteiger partial charge is 0.397 e. The van der Waals surface area contributed by atoms with Crippen LogP contribution in [0, 0.1) is 11.2 Å². The number of halogens is 1. The fourth-order valence-electron chi connectivity index (χ4n) is 2.36. The molecule has 1 aliphatic rings. The molecule has 1 aliphatic heterocycles. The third-order valence-electron chi connectivity index (χ3n) is 3.86. The highest BCUT2D eigenvalue weighted by Gasteiger charge is 2.26. The second-order valence-electron chi connectivity index (χ2n) is 6.22. The second-order valence-corrected chi connectivity index (χ2v) is 6.22. The van der Waals surface area contributed by atoms with Gasteiger partial charge < -0.3 is 11.1 Å². The van der Waals surface area contributed by atoms with Gasteiger partial charge in [0.05, 0.1) is 17.9 Å². The predicted molar refractivity (Wildman–Crippen MR) is 78.9 cm³/mol. The van der Waals surface area contributed by atoms with Gasteiger partial charge in [-0.05, 0) is 49.5 Å². The van der Waals surface area contributed by atoms with Crippen LogP contribution in [0.25, 0.3) is 0 Å². The van der Waals surface area contributed by atoms with Crippen LogP contribution in [-0.4, -0.2) is 30.4 Å². The summed E-state index contributed by atoms with van der Waals surface area (Å²) in [5, 5.41) is 2.73. The number of anilines is 2. The van der Waals surface area contributed by atoms with E-state index >= 15 is 0 Å². The molecule has 2 rings (SSSR count). The Kier molecular flexibility index (Phi) is 4.28. The first-order valence-corrected chi connectivity index (χ1v) is 6.93. The molecule has 0 aliphatic carbocycles. The molecule has 0 saturated carbocycles. The van der Waals surface area contributed by atoms with E-state index in [-0.39, 0.29) is 11.6 Å². The maximum Gasteiger partial charge on any atom is 0.238 e. The Morgan fingerprint density at radius 1 is 1.40 bits per heavy atom. The molecule has 20 heavy (non-hydrogen) atoms. The molecule has 0 radical (unpaired) electrons. The molecule has 0 bridgehead atoms. The molecule has 0 aromatic heterocycles. The zero-order valence-electron chi connectivity index (χ0n) is 12.1. The van der Waals surface area contributed by atoms with Crippen LogP contribution in [0.2, 0.25) is 0 Å². The van der Waals surface area contributed by atoms with Crippen molar-refractivity contribution in [3.05, 3.63) is 24.0 Å². The zero-order valence-corrected chi connectivity index (χ0v) is 12.1. The maximum atomic E-state index is 12.9. The number of amides is 1. The Balaban J connectivity index is 1.87. The van der Waals surface area contributed by atoms with E-state index in [2.05, 4.69) is 24.1 Å². The highest BCUT2D eigenvalue weighted by atomic mass is 19.1. The first kappa shape index (κ1) is 14.8. The lowest BCUT2D eigenvalue weighted by molar-refractivity contribution is -0.117. The molecular weight excluding hydrogens is 257 g/mol. The van der Waals surface area contributed by atoms with Gasteiger partial charge in [0, 0.05) is 0 Å². The van der Waals surface area contributed by atoms with Crippen LogP contribution >= 0.6 is 0 Å². The molecule has 1 aromatic carbocycles. The SMILES string of the molecule is CC1(C)CCN(CC(=O)Nc2ccc(F)cc2N)CC1. The summed E-state index contributed by atoms with van der Waals surface area (Å²) in [6.45, 7) is 6.72. The standard InChI is InChI=1S/C15H22FN3O/c1-15(2)5-7-19(8-6-15)10-14(20)18-13-4-3-11(16)9-12(13)17/h3-4,9H,5-8,10,17H2,1-2H3,(H,18,20). The summed E-state index contributed by atoms with van der Waals surface area (Å²) in [5.74, 6) is -0.512. The molecule has 110 valence electrons. The molecule has 5 heteroatoms. The summed E-state index contributed by atoms with van der Waals surface area (Å²) in [6.07, 6.45) is 2.19. The Morgan fingerprint density at radius 2 is 2.05 bits per heavy atom. The number of benzene rings is 1. The van der Waals surface area contributed by atoms with E-state index < -0.39 is 5.82 Å². The Hall–Kier alpha value is -1.62. The number of nitrogens with two attached hydrogens (primary N) is 1. The lowest BCUT2D eigenvalue weighted by Crippen LogP contribution is -2.41. The Morgan fingerprint density at radius 3 is 2.65 bits per heavy atom. The fourth-order valence-corrected chi connectivity index (χ4v) is 2.36. The van der Waals surface area contributed by atoms with Crippen molar-refractivity contribution in [2.75, 3.05) is 30.7 Å². The molecule has 4 nitrogen and oxygen atoms in total. The molecule has 0 atom stereocenters. The number of likely N-dealkylation sites (tertiary alicyclic amines) is 1. The summed E-state index contributed by atoms with van der Waals surface area (Å²) < 4.78 is 12.9. The lowest BCUT2D eigenvalue weighted by atomic mass is 9.83. The highest BCUT2D eigenvalue weighted by Crippen LogP contribution is 2.29. The topological polar surface area (TPSA) is 58.4 Å². The molecular formula is C15H22FN3O. The Labute approximate surface area is 119 Å². The average Bonchev–Trinajstić information content (AvgIpc) is 2.35. The van der Waals surface area contributed by atoms with Gasteiger partial charge in [0.25, 0.3) is 0 Å². The van der Waals surface area contributed by atoms with Crippen molar-refractivity contribution in [3.8, 4) is 0 Å². The first-order valence-electron chi connectivity index (χ1n) is 6.93. The number of carbonyl (C=O) groups excluding carboxylic acids is 1. The molecule has 0 spiro atoms. The van der Waals surface area contributed by atoms with Gasteiger partial charge >= 0.3 is 0 Å². The van der Waals surface area contributed by atoms with Gasteiger partial charge in [-0.2, -0.15) is 0 Å². The van der Waals surface area contributed by atoms with Crippen molar-refractivity contribution in [1.82, 2.24) is 4.90 Å². The first-order chi connectivity index (χ1) is 9.35. The molecule has 3 N–H and O–H groups in total. The third-order valence-corrected chi connectivity index (χ3v) is 3.86. The van der Waals surface area contributed by atoms with E-state index in [1.165, 1.54) is 18.2 Å². The van der Waals surface area contributed by atoms with E-state index in [4.69, 9.17) is 5.73 Å². The van der Waals surface area contributed by atoms with E-state index in [0.29, 0.717) is 17.6 Å². The number of hydrogen-bond acceptors (Lipinski definition) is 3. The molecule has 1 amide bonds. The monoisotopic (exact) mass is 279 g/mol. The number of nitrogens with one attached hydrogen (secondary N) is 1. The number of piperidine rings is 1. The zero-order chi connectivity index (χ0) is 14.8. The van der Waals surface area contributed by atoms with Crippen LogP contribution in [0.1, 0.15) is 26.7 Å². The summed E-state index contributed by atoms with van der Waals surface area (Å²) in [7, 11) is 0. The van der Waals surface area contributed by atoms with E-state index in [0.717, 1.165) is 25.9 Å². The van der Waals surface area contributed by atoms with Gasteiger partial charge in [0.2, 0.25) is 5.91 Å². The van der Waals surface area contributed by atoms with Crippen LogP contribution in [0.15, 0.2) is 18.2 Å². The predicted octanol–water partition coefficient (Wildman–Crippen LogP) is 2.47. The smallest absolute Gasteiger partial charge is 0.238 e. The molecule has 1 saturated heterocycles. The van der Waals surface area contributed by atoms with Crippen LogP contribution in [0.4, 0.5) is 15.8 Å². The number of nitrogen functional groups attached to an aromatic ring is 1. The maximum absolute atomic E-state index is 12.9. The van der Waals surface area contributed by atoms with Crippen LogP contribution in [0.5, 0.6) is 0 Å². The number of hydrogen-bond donors (Lipinski definition) is 2. The van der Waals surface area contributed by atoms with Crippen molar-refractivity contribution in [2.24, 2.45) is 5.41 Å². The van der Waals surface area contributed by atoms with Crippen molar-refractivity contribution in [3.63, 3.8) is 0 Å². The third kappa shape index (κ3) is 3.93. The van der Waals surface area contributed by atoms with Gasteiger partial charge in [-0.3, -0.25) is 9.69 Å². The molecule has 1 fully saturated rings. The van der Waals surface area contributed by atoms with Crippen LogP contribution in [0.3, 0.4) is 0 Å². The van der Waals surface area contributed by atoms with E-state index in [1.54, 1.807) is 0 Å². The summed E-state index contributed by atoms with van der Waals surface area (Å²) >= 11 is 0. The molecule has 1 heterocycles. The number of nitrogens with zero attached hydrogens (tertiary/aromatic N) is 1. The fraction of sp³-hybridized carbons (Fsp3) is 0.533. The van der Waals surface area contributed by atoms with Crippen molar-refractivity contribution < 1.29 is 9.18 Å². The second kappa shape index (κ2) is 5.79. The van der Waals surface area contributed by atoms with Gasteiger partial charge in [-0.25, -0.2) is 4.39 Å². The average molecular weight is 279 g/mol.